The van der Waals surface area contributed by atoms with Crippen LogP contribution in [0.15, 0.2) is 0 Å². The molecule has 20 atom stereocenters. The van der Waals surface area contributed by atoms with Gasteiger partial charge in [0.2, 0.25) is 0 Å². The third-order valence-electron chi connectivity index (χ3n) is 32.4. The maximum absolute atomic E-state index is 12.4. The van der Waals surface area contributed by atoms with Crippen molar-refractivity contribution in [3.05, 3.63) is 0 Å². The molecule has 16 rings (SSSR count). The highest BCUT2D eigenvalue weighted by Gasteiger charge is 2.71. The maximum Gasteiger partial charge on any atom is 0.312 e. The third-order valence-corrected chi connectivity index (χ3v) is 32.4. The summed E-state index contributed by atoms with van der Waals surface area (Å²) >= 11 is 0. The lowest BCUT2D eigenvalue weighted by Gasteiger charge is -2.59. The molecule has 2 aliphatic heterocycles. The standard InChI is InChI=1S/C18H28O2.C16H22O6.C16H24O4.C15H24O3.C15H28O2.C13H22O4.C2H4O2/c1-4-18(2,3)17(19)20-14-9-12-8-13(14)16-11-6-5-10(7-11)15(12)16;1-5-16(2,3)15(19)22-12-7-6-8-10(9(7)13(17)20-4)14(18)21-11(8)12;1-4-15(2,3)14(18)20-12-6-11-5-10(12)7-16(11)8-13(17)19-9-16;1-3-10(2)13(16)18-15-7-11-4-12(8-15)6-14(17,5-11)9-15;1-6-14(2,3)13(16)17-15(4,5)12-10-8-7-9-11-12;1-4-13(2,3)12(16)17-10-7-5-9(6-8-10)11(14)15;1-2(3)4/h10-16H,4-9H2,1-3H3;7-12H,5-6H2,1-4H3;10-12H,4-9H2,1-3H3;10-12,17H,3-9H2,1-2H3;12H,6-11H2,1-5H3;9-10H,4-8H2,1-3H3,(H,14,15);1H3,(H,3,4). The largest absolute Gasteiger partial charge is 0.481 e. The summed E-state index contributed by atoms with van der Waals surface area (Å²) in [7, 11) is 1.31. The first-order valence-electron chi connectivity index (χ1n) is 45.9. The first-order chi connectivity index (χ1) is 55.0. The molecule has 0 aromatic carbocycles. The second kappa shape index (κ2) is 38.1. The predicted octanol–water partition coefficient (Wildman–Crippen LogP) is 17.7. The van der Waals surface area contributed by atoms with E-state index in [1.807, 2.05) is 111 Å². The average Bonchev–Trinajstić information content (AvgIpc) is 1.51. The Kier molecular flexibility index (Phi) is 31.0. The van der Waals surface area contributed by atoms with Crippen LogP contribution in [0.2, 0.25) is 0 Å². The van der Waals surface area contributed by atoms with E-state index in [2.05, 4.69) is 20.8 Å². The molecule has 2 heterocycles. The van der Waals surface area contributed by atoms with Crippen LogP contribution in [0.25, 0.3) is 0 Å². The molecule has 670 valence electrons. The monoisotopic (exact) mass is 1660 g/mol. The summed E-state index contributed by atoms with van der Waals surface area (Å²) in [4.78, 5) is 128. The number of aliphatic hydroxyl groups is 1. The van der Waals surface area contributed by atoms with E-state index in [-0.39, 0.29) is 117 Å². The third kappa shape index (κ3) is 21.7. The van der Waals surface area contributed by atoms with Crippen molar-refractivity contribution in [1.82, 2.24) is 0 Å². The number of hydrogen-bond acceptors (Lipinski definition) is 21. The molecular formula is C95H152O23. The molecule has 0 aromatic rings. The number of hydrogen-bond donors (Lipinski definition) is 3. The molecule has 118 heavy (non-hydrogen) atoms. The zero-order valence-corrected chi connectivity index (χ0v) is 75.8. The van der Waals surface area contributed by atoms with Gasteiger partial charge >= 0.3 is 59.7 Å². The number of esters is 9. The van der Waals surface area contributed by atoms with Gasteiger partial charge in [0.25, 0.3) is 5.97 Å². The maximum atomic E-state index is 12.4. The van der Waals surface area contributed by atoms with Crippen molar-refractivity contribution in [1.29, 1.82) is 0 Å². The number of carbonyl (C=O) groups excluding carboxylic acids is 9. The number of ether oxygens (including phenoxy) is 9. The minimum absolute atomic E-state index is 0.0207. The summed E-state index contributed by atoms with van der Waals surface area (Å²) in [6.07, 6.45) is 29.7. The van der Waals surface area contributed by atoms with Crippen LogP contribution >= 0.6 is 0 Å². The highest BCUT2D eigenvalue weighted by atomic mass is 16.6. The molecule has 0 aromatic heterocycles. The minimum atomic E-state index is -0.833. The summed E-state index contributed by atoms with van der Waals surface area (Å²) in [6.45, 7) is 39.0. The van der Waals surface area contributed by atoms with Gasteiger partial charge in [-0.1, -0.05) is 67.7 Å². The molecule has 0 amide bonds. The average molecular weight is 1660 g/mol. The Labute approximate surface area is 704 Å². The summed E-state index contributed by atoms with van der Waals surface area (Å²) in [5, 5.41) is 26.9. The molecule has 16 aliphatic rings. The first kappa shape index (κ1) is 96.0. The van der Waals surface area contributed by atoms with Crippen molar-refractivity contribution >= 4 is 65.7 Å². The Hall–Kier alpha value is -5.87. The van der Waals surface area contributed by atoms with Crippen LogP contribution in [-0.4, -0.2) is 142 Å². The number of fused-ring (bicyclic) bond motifs is 13. The molecule has 3 N–H and O–H groups in total. The van der Waals surface area contributed by atoms with E-state index in [1.54, 1.807) is 0 Å². The van der Waals surface area contributed by atoms with Gasteiger partial charge in [-0.3, -0.25) is 52.7 Å². The van der Waals surface area contributed by atoms with Gasteiger partial charge in [0.1, 0.15) is 41.7 Å². The first-order valence-corrected chi connectivity index (χ1v) is 45.9. The topological polar surface area (TPSA) is 332 Å². The van der Waals surface area contributed by atoms with Gasteiger partial charge in [-0.25, -0.2) is 0 Å². The lowest BCUT2D eigenvalue weighted by molar-refractivity contribution is -0.222. The lowest BCUT2D eigenvalue weighted by Crippen LogP contribution is -2.60. The fourth-order valence-electron chi connectivity index (χ4n) is 23.2. The number of rotatable bonds is 21. The molecule has 14 aliphatic carbocycles. The summed E-state index contributed by atoms with van der Waals surface area (Å²) in [5.41, 5.74) is -3.21. The molecule has 2 saturated heterocycles. The molecule has 1 spiro atoms. The van der Waals surface area contributed by atoms with E-state index >= 15 is 0 Å². The number of carboxylic acids is 2. The molecule has 14 saturated carbocycles. The molecule has 23 heteroatoms. The van der Waals surface area contributed by atoms with E-state index in [9.17, 15) is 53.1 Å². The number of carbonyl (C=O) groups is 11. The van der Waals surface area contributed by atoms with Crippen molar-refractivity contribution in [2.45, 2.75) is 385 Å². The van der Waals surface area contributed by atoms with Crippen molar-refractivity contribution in [3.8, 4) is 0 Å². The van der Waals surface area contributed by atoms with Gasteiger partial charge in [0.05, 0.1) is 76.5 Å². The second-order valence-electron chi connectivity index (χ2n) is 42.9. The summed E-state index contributed by atoms with van der Waals surface area (Å²) in [6, 6.07) is 0. The predicted molar refractivity (Wildman–Crippen MR) is 441 cm³/mol. The van der Waals surface area contributed by atoms with Gasteiger partial charge in [-0.2, -0.15) is 0 Å². The van der Waals surface area contributed by atoms with Crippen LogP contribution in [0.5, 0.6) is 0 Å². The van der Waals surface area contributed by atoms with E-state index in [4.69, 9.17) is 57.6 Å². The van der Waals surface area contributed by atoms with E-state index in [1.165, 1.54) is 77.7 Å². The SMILES string of the molecule is CC(=O)O.CCC(C)(C)C(=O)OC(C)(C)C1CCCCC1.CCC(C)(C)C(=O)OC1C2CC3C1OC(=O)C3C2C(=O)OC.CCC(C)(C)C(=O)OC1CC2CC1C1C3CCC(C3)C21.CCC(C)(C)C(=O)OC1CC2CC1CC21COC(=O)C1.CCC(C)(C)C(=O)OC1CCC(C(=O)O)CC1.CCC(C)C(=O)OC12CC3CC(CC(O)(C3)C1)C2. The van der Waals surface area contributed by atoms with Crippen LogP contribution in [-0.2, 0) is 95.4 Å². The fourth-order valence-corrected chi connectivity index (χ4v) is 23.2. The van der Waals surface area contributed by atoms with Gasteiger partial charge < -0.3 is 58.0 Å². The Bertz CT molecular complexity index is 3530. The Morgan fingerprint density at radius 2 is 1.05 bits per heavy atom. The van der Waals surface area contributed by atoms with Crippen molar-refractivity contribution in [3.63, 3.8) is 0 Å². The van der Waals surface area contributed by atoms with Crippen molar-refractivity contribution in [2.75, 3.05) is 13.7 Å². The van der Waals surface area contributed by atoms with Gasteiger partial charge in [-0.05, 0) is 315 Å². The van der Waals surface area contributed by atoms with Gasteiger partial charge in [-0.15, -0.1) is 0 Å². The lowest BCUT2D eigenvalue weighted by atomic mass is 9.52. The van der Waals surface area contributed by atoms with E-state index in [0.717, 1.165) is 114 Å². The van der Waals surface area contributed by atoms with Crippen molar-refractivity contribution in [2.24, 2.45) is 133 Å². The number of aliphatic carboxylic acids is 2. The summed E-state index contributed by atoms with van der Waals surface area (Å²) in [5.74, 6) is 3.58. The number of methoxy groups -OCH3 is 1. The second-order valence-corrected chi connectivity index (χ2v) is 42.9. The fraction of sp³-hybridized carbons (Fsp3) is 0.884. The molecule has 16 fully saturated rings. The highest BCUT2D eigenvalue weighted by Crippen LogP contribution is 2.69. The minimum Gasteiger partial charge on any atom is -0.481 e. The molecule has 12 bridgehead atoms. The molecule has 23 nitrogen and oxygen atoms in total. The van der Waals surface area contributed by atoms with Gasteiger partial charge in [0, 0.05) is 30.6 Å². The van der Waals surface area contributed by atoms with E-state index in [0.29, 0.717) is 93.5 Å². The highest BCUT2D eigenvalue weighted by molar-refractivity contribution is 5.87. The van der Waals surface area contributed by atoms with Crippen LogP contribution < -0.4 is 0 Å². The zero-order chi connectivity index (χ0) is 87.5. The van der Waals surface area contributed by atoms with Crippen molar-refractivity contribution < 1.29 is 111 Å². The molecule has 0 radical (unpaired) electrons. The molecule has 20 unspecified atom stereocenters. The van der Waals surface area contributed by atoms with E-state index < -0.39 is 63.8 Å². The number of carboxylic acid groups (broad SMARTS) is 2. The van der Waals surface area contributed by atoms with Crippen LogP contribution in [0.1, 0.15) is 338 Å². The summed E-state index contributed by atoms with van der Waals surface area (Å²) < 4.78 is 50.0. The molecular weight excluding hydrogens is 1510 g/mol. The Balaban J connectivity index is 0.000000160. The van der Waals surface area contributed by atoms with Crippen LogP contribution in [0, 0.1) is 133 Å². The van der Waals surface area contributed by atoms with Crippen LogP contribution in [0.3, 0.4) is 0 Å². The normalized spacial score (nSPS) is 35.9. The Morgan fingerprint density at radius 1 is 0.534 bits per heavy atom. The van der Waals surface area contributed by atoms with Gasteiger partial charge in [0.15, 0.2) is 0 Å². The quantitative estimate of drug-likeness (QED) is 0.0546. The van der Waals surface area contributed by atoms with Crippen LogP contribution in [0.4, 0.5) is 0 Å². The smallest absolute Gasteiger partial charge is 0.312 e. The zero-order valence-electron chi connectivity index (χ0n) is 75.8. The number of cyclic esters (lactones) is 1. The Morgan fingerprint density at radius 3 is 1.53 bits per heavy atom.